The number of ether oxygens (including phenoxy) is 1. The highest BCUT2D eigenvalue weighted by molar-refractivity contribution is 7.92. The summed E-state index contributed by atoms with van der Waals surface area (Å²) in [5, 5.41) is 2.85. The molecule has 0 spiro atoms. The number of para-hydroxylation sites is 1. The predicted molar refractivity (Wildman–Crippen MR) is 113 cm³/mol. The Morgan fingerprint density at radius 3 is 2.28 bits per heavy atom. The average Bonchev–Trinajstić information content (AvgIpc) is 2.73. The van der Waals surface area contributed by atoms with Gasteiger partial charge in [-0.05, 0) is 49.4 Å². The minimum absolute atomic E-state index is 0.154. The van der Waals surface area contributed by atoms with Crippen LogP contribution in [0.5, 0.6) is 5.75 Å². The van der Waals surface area contributed by atoms with E-state index < -0.39 is 10.0 Å². The van der Waals surface area contributed by atoms with Crippen LogP contribution in [0.15, 0.2) is 89.8 Å². The van der Waals surface area contributed by atoms with Crippen LogP contribution in [0.4, 0.5) is 5.69 Å². The summed E-state index contributed by atoms with van der Waals surface area (Å²) >= 11 is 0. The molecule has 7 heteroatoms. The largest absolute Gasteiger partial charge is 0.491 e. The Morgan fingerprint density at radius 2 is 1.59 bits per heavy atom. The maximum absolute atomic E-state index is 12.5. The van der Waals surface area contributed by atoms with Crippen molar-refractivity contribution in [3.8, 4) is 5.75 Å². The van der Waals surface area contributed by atoms with Gasteiger partial charge in [0.25, 0.3) is 15.9 Å². The number of carbonyl (C=O) groups is 1. The second-order valence-electron chi connectivity index (χ2n) is 6.50. The first-order chi connectivity index (χ1) is 13.9. The van der Waals surface area contributed by atoms with E-state index in [1.165, 1.54) is 18.2 Å². The second kappa shape index (κ2) is 9.25. The fraction of sp³-hybridized carbons (Fsp3) is 0.136. The fourth-order valence-electron chi connectivity index (χ4n) is 2.62. The van der Waals surface area contributed by atoms with Gasteiger partial charge in [-0.2, -0.15) is 0 Å². The summed E-state index contributed by atoms with van der Waals surface area (Å²) in [6, 6.07) is 23.5. The van der Waals surface area contributed by atoms with Crippen molar-refractivity contribution < 1.29 is 17.9 Å². The molecule has 29 heavy (non-hydrogen) atoms. The van der Waals surface area contributed by atoms with Crippen molar-refractivity contribution in [1.82, 2.24) is 5.32 Å². The molecule has 3 aromatic rings. The summed E-state index contributed by atoms with van der Waals surface area (Å²) in [4.78, 5) is 12.7. The minimum atomic E-state index is -3.72. The van der Waals surface area contributed by atoms with Crippen LogP contribution >= 0.6 is 0 Å². The number of rotatable bonds is 8. The third-order valence-electron chi connectivity index (χ3n) is 4.05. The first-order valence-corrected chi connectivity index (χ1v) is 10.6. The maximum Gasteiger partial charge on any atom is 0.261 e. The van der Waals surface area contributed by atoms with E-state index in [4.69, 9.17) is 4.74 Å². The Hall–Kier alpha value is -3.32. The van der Waals surface area contributed by atoms with Crippen molar-refractivity contribution >= 4 is 21.6 Å². The molecule has 0 bridgehead atoms. The number of carbonyl (C=O) groups excluding carboxylic acids is 1. The normalized spacial score (nSPS) is 12.0. The van der Waals surface area contributed by atoms with Gasteiger partial charge in [-0.3, -0.25) is 9.52 Å². The lowest BCUT2D eigenvalue weighted by Gasteiger charge is -2.15. The SMILES string of the molecule is C[C@H](COc1ccccc1)NC(=O)c1cccc(NS(=O)(=O)c2ccccc2)c1. The smallest absolute Gasteiger partial charge is 0.261 e. The standard InChI is InChI=1S/C22H22N2O4S/c1-17(16-28-20-11-4-2-5-12-20)23-22(25)18-9-8-10-19(15-18)24-29(26,27)21-13-6-3-7-14-21/h2-15,17,24H,16H2,1H3,(H,23,25)/t17-/m1/s1. The quantitative estimate of drug-likeness (QED) is 0.593. The van der Waals surface area contributed by atoms with Crippen LogP contribution in [0.2, 0.25) is 0 Å². The summed E-state index contributed by atoms with van der Waals surface area (Å²) < 4.78 is 33.0. The van der Waals surface area contributed by atoms with Gasteiger partial charge >= 0.3 is 0 Å². The number of hydrogen-bond donors (Lipinski definition) is 2. The fourth-order valence-corrected chi connectivity index (χ4v) is 3.69. The molecule has 0 aliphatic heterocycles. The van der Waals surface area contributed by atoms with E-state index in [1.54, 1.807) is 36.4 Å². The van der Waals surface area contributed by atoms with Gasteiger partial charge in [-0.1, -0.05) is 42.5 Å². The molecule has 3 aromatic carbocycles. The summed E-state index contributed by atoms with van der Waals surface area (Å²) in [5.74, 6) is 0.417. The van der Waals surface area contributed by atoms with Crippen molar-refractivity contribution in [1.29, 1.82) is 0 Å². The highest BCUT2D eigenvalue weighted by Crippen LogP contribution is 2.17. The van der Waals surface area contributed by atoms with Crippen LogP contribution in [-0.4, -0.2) is 27.0 Å². The summed E-state index contributed by atoms with van der Waals surface area (Å²) in [6.45, 7) is 2.15. The molecule has 6 nitrogen and oxygen atoms in total. The minimum Gasteiger partial charge on any atom is -0.491 e. The Kier molecular flexibility index (Phi) is 6.51. The molecule has 3 rings (SSSR count). The highest BCUT2D eigenvalue weighted by Gasteiger charge is 2.15. The molecule has 1 amide bonds. The molecule has 0 saturated heterocycles. The van der Waals surface area contributed by atoms with Gasteiger partial charge in [0.15, 0.2) is 0 Å². The highest BCUT2D eigenvalue weighted by atomic mass is 32.2. The molecule has 0 saturated carbocycles. The van der Waals surface area contributed by atoms with Gasteiger partial charge in [-0.15, -0.1) is 0 Å². The summed E-state index contributed by atoms with van der Waals surface area (Å²) in [7, 11) is -3.72. The van der Waals surface area contributed by atoms with E-state index in [0.29, 0.717) is 17.9 Å². The second-order valence-corrected chi connectivity index (χ2v) is 8.18. The number of anilines is 1. The van der Waals surface area contributed by atoms with Crippen LogP contribution < -0.4 is 14.8 Å². The van der Waals surface area contributed by atoms with E-state index in [0.717, 1.165) is 5.75 Å². The molecule has 0 aromatic heterocycles. The van der Waals surface area contributed by atoms with Crippen LogP contribution in [0, 0.1) is 0 Å². The molecule has 0 heterocycles. The molecule has 0 radical (unpaired) electrons. The van der Waals surface area contributed by atoms with E-state index >= 15 is 0 Å². The molecular weight excluding hydrogens is 388 g/mol. The van der Waals surface area contributed by atoms with Crippen LogP contribution in [0.3, 0.4) is 0 Å². The molecule has 0 aliphatic rings. The molecular formula is C22H22N2O4S. The van der Waals surface area contributed by atoms with Gasteiger partial charge in [0, 0.05) is 11.3 Å². The van der Waals surface area contributed by atoms with Crippen LogP contribution in [-0.2, 0) is 10.0 Å². The van der Waals surface area contributed by atoms with Crippen molar-refractivity contribution in [2.24, 2.45) is 0 Å². The topological polar surface area (TPSA) is 84.5 Å². The third-order valence-corrected chi connectivity index (χ3v) is 5.45. The lowest BCUT2D eigenvalue weighted by molar-refractivity contribution is 0.0926. The number of hydrogen-bond acceptors (Lipinski definition) is 4. The molecule has 1 atom stereocenters. The number of nitrogens with one attached hydrogen (secondary N) is 2. The third kappa shape index (κ3) is 5.83. The first-order valence-electron chi connectivity index (χ1n) is 9.11. The summed E-state index contributed by atoms with van der Waals surface area (Å²) in [5.41, 5.74) is 0.666. The Morgan fingerprint density at radius 1 is 0.931 bits per heavy atom. The Labute approximate surface area is 170 Å². The van der Waals surface area contributed by atoms with Gasteiger partial charge in [0.2, 0.25) is 0 Å². The van der Waals surface area contributed by atoms with E-state index in [-0.39, 0.29) is 16.8 Å². The number of sulfonamides is 1. The van der Waals surface area contributed by atoms with Gasteiger partial charge in [-0.25, -0.2) is 8.42 Å². The van der Waals surface area contributed by atoms with Crippen molar-refractivity contribution in [3.63, 3.8) is 0 Å². The summed E-state index contributed by atoms with van der Waals surface area (Å²) in [6.07, 6.45) is 0. The van der Waals surface area contributed by atoms with Crippen LogP contribution in [0.25, 0.3) is 0 Å². The number of amides is 1. The van der Waals surface area contributed by atoms with Gasteiger partial charge < -0.3 is 10.1 Å². The maximum atomic E-state index is 12.5. The molecule has 0 aliphatic carbocycles. The van der Waals surface area contributed by atoms with E-state index in [2.05, 4.69) is 10.0 Å². The number of benzene rings is 3. The van der Waals surface area contributed by atoms with Gasteiger partial charge in [0.1, 0.15) is 12.4 Å². The van der Waals surface area contributed by atoms with Crippen molar-refractivity contribution in [3.05, 3.63) is 90.5 Å². The average molecular weight is 410 g/mol. The monoisotopic (exact) mass is 410 g/mol. The van der Waals surface area contributed by atoms with Crippen molar-refractivity contribution in [2.45, 2.75) is 17.9 Å². The predicted octanol–water partition coefficient (Wildman–Crippen LogP) is 3.68. The lowest BCUT2D eigenvalue weighted by Crippen LogP contribution is -2.36. The molecule has 2 N–H and O–H groups in total. The van der Waals surface area contributed by atoms with E-state index in [9.17, 15) is 13.2 Å². The molecule has 0 unspecified atom stereocenters. The first kappa shape index (κ1) is 20.4. The Balaban J connectivity index is 1.62. The van der Waals surface area contributed by atoms with E-state index in [1.807, 2.05) is 37.3 Å². The zero-order valence-corrected chi connectivity index (χ0v) is 16.7. The molecule has 0 fully saturated rings. The Bertz CT molecular complexity index is 1050. The lowest BCUT2D eigenvalue weighted by atomic mass is 10.2. The zero-order chi connectivity index (χ0) is 20.7. The van der Waals surface area contributed by atoms with Crippen molar-refractivity contribution in [2.75, 3.05) is 11.3 Å². The molecule has 150 valence electrons. The zero-order valence-electron chi connectivity index (χ0n) is 15.9. The van der Waals surface area contributed by atoms with Gasteiger partial charge in [0.05, 0.1) is 10.9 Å². The van der Waals surface area contributed by atoms with Crippen LogP contribution in [0.1, 0.15) is 17.3 Å².